The van der Waals surface area contributed by atoms with Crippen molar-refractivity contribution in [3.8, 4) is 0 Å². The lowest BCUT2D eigenvalue weighted by atomic mass is 10.2. The van der Waals surface area contributed by atoms with E-state index in [4.69, 9.17) is 0 Å². The summed E-state index contributed by atoms with van der Waals surface area (Å²) in [6, 6.07) is 7.76. The second-order valence-electron chi connectivity index (χ2n) is 2.72. The third-order valence-electron chi connectivity index (χ3n) is 1.56. The summed E-state index contributed by atoms with van der Waals surface area (Å²) < 4.78 is 60.2. The van der Waals surface area contributed by atoms with Gasteiger partial charge in [0, 0.05) is 0 Å². The molecule has 1 aromatic rings. The predicted molar refractivity (Wildman–Crippen MR) is 59.3 cm³/mol. The van der Waals surface area contributed by atoms with Crippen LogP contribution in [0.1, 0.15) is 9.67 Å². The fraction of sp³-hybridized carbons (Fsp3) is 0.250. The van der Waals surface area contributed by atoms with Gasteiger partial charge in [-0.1, -0.05) is 30.3 Å². The monoisotopic (exact) mass is 366 g/mol. The zero-order chi connectivity index (χ0) is 12.4. The highest BCUT2D eigenvalue weighted by atomic mass is 127. The molecule has 0 heterocycles. The molecular formula is C8H6F3IO3S. The molecule has 0 bridgehead atoms. The fourth-order valence-corrected chi connectivity index (χ4v) is 2.50. The molecule has 1 aromatic carbocycles. The molecule has 0 radical (unpaired) electrons. The van der Waals surface area contributed by atoms with E-state index in [-0.39, 0.29) is 0 Å². The summed E-state index contributed by atoms with van der Waals surface area (Å²) in [6.45, 7) is 0. The van der Waals surface area contributed by atoms with Crippen LogP contribution in [0.15, 0.2) is 30.3 Å². The Morgan fingerprint density at radius 2 is 1.69 bits per heavy atom. The standard InChI is InChI=1S/C8H6F3IO3S/c9-8(10,11)16(13,14)15-7(12)6-4-2-1-3-5-6/h1-5,7H. The average molecular weight is 366 g/mol. The van der Waals surface area contributed by atoms with Crippen molar-refractivity contribution in [2.45, 2.75) is 9.62 Å². The Bertz CT molecular complexity index is 443. The van der Waals surface area contributed by atoms with Crippen LogP contribution in [0.4, 0.5) is 13.2 Å². The largest absolute Gasteiger partial charge is 0.523 e. The molecule has 0 spiro atoms. The minimum atomic E-state index is -5.55. The molecule has 0 aliphatic carbocycles. The van der Waals surface area contributed by atoms with Crippen LogP contribution in [0, 0.1) is 0 Å². The van der Waals surface area contributed by atoms with Crippen molar-refractivity contribution < 1.29 is 25.8 Å². The third-order valence-corrected chi connectivity index (χ3v) is 3.89. The first-order valence-electron chi connectivity index (χ1n) is 3.92. The predicted octanol–water partition coefficient (Wildman–Crippen LogP) is 2.99. The van der Waals surface area contributed by atoms with Gasteiger partial charge in [0.1, 0.15) is 0 Å². The normalized spacial score (nSPS) is 14.8. The maximum Gasteiger partial charge on any atom is 0.523 e. The van der Waals surface area contributed by atoms with Gasteiger partial charge in [-0.05, 0) is 28.2 Å². The highest BCUT2D eigenvalue weighted by Crippen LogP contribution is 2.33. The maximum atomic E-state index is 12.0. The SMILES string of the molecule is O=S(=O)(OC(I)c1ccccc1)C(F)(F)F. The van der Waals surface area contributed by atoms with Crippen LogP contribution < -0.4 is 0 Å². The highest BCUT2D eigenvalue weighted by molar-refractivity contribution is 14.1. The zero-order valence-corrected chi connectivity index (χ0v) is 10.6. The van der Waals surface area contributed by atoms with E-state index >= 15 is 0 Å². The molecule has 8 heteroatoms. The lowest BCUT2D eigenvalue weighted by molar-refractivity contribution is -0.0546. The van der Waals surface area contributed by atoms with E-state index < -0.39 is 19.7 Å². The summed E-state index contributed by atoms with van der Waals surface area (Å²) in [7, 11) is -5.55. The molecule has 0 aliphatic heterocycles. The van der Waals surface area contributed by atoms with E-state index in [1.54, 1.807) is 18.2 Å². The van der Waals surface area contributed by atoms with Crippen LogP contribution in [-0.4, -0.2) is 13.9 Å². The number of rotatable bonds is 3. The van der Waals surface area contributed by atoms with E-state index in [2.05, 4.69) is 4.18 Å². The van der Waals surface area contributed by atoms with Gasteiger partial charge in [-0.25, -0.2) is 4.18 Å². The molecule has 1 atom stereocenters. The van der Waals surface area contributed by atoms with Gasteiger partial charge in [-0.2, -0.15) is 21.6 Å². The van der Waals surface area contributed by atoms with Gasteiger partial charge >= 0.3 is 15.6 Å². The van der Waals surface area contributed by atoms with E-state index in [9.17, 15) is 21.6 Å². The Labute approximate surface area is 104 Å². The van der Waals surface area contributed by atoms with Crippen molar-refractivity contribution in [1.29, 1.82) is 0 Å². The second kappa shape index (κ2) is 4.88. The van der Waals surface area contributed by atoms with Crippen LogP contribution in [0.25, 0.3) is 0 Å². The van der Waals surface area contributed by atoms with Crippen molar-refractivity contribution in [2.24, 2.45) is 0 Å². The summed E-state index contributed by atoms with van der Waals surface area (Å²) in [5.74, 6) is 0. The number of alkyl halides is 4. The van der Waals surface area contributed by atoms with Crippen LogP contribution in [0.2, 0.25) is 0 Å². The number of benzene rings is 1. The van der Waals surface area contributed by atoms with Gasteiger partial charge < -0.3 is 0 Å². The molecule has 1 rings (SSSR count). The first kappa shape index (κ1) is 13.7. The highest BCUT2D eigenvalue weighted by Gasteiger charge is 2.48. The Morgan fingerprint density at radius 3 is 2.12 bits per heavy atom. The Balaban J connectivity index is 2.85. The topological polar surface area (TPSA) is 43.4 Å². The van der Waals surface area contributed by atoms with Crippen LogP contribution in [-0.2, 0) is 14.3 Å². The van der Waals surface area contributed by atoms with E-state index in [0.29, 0.717) is 5.56 Å². The molecular weight excluding hydrogens is 360 g/mol. The van der Waals surface area contributed by atoms with Crippen molar-refractivity contribution >= 4 is 32.7 Å². The first-order valence-corrected chi connectivity index (χ1v) is 6.58. The number of hydrogen-bond donors (Lipinski definition) is 0. The summed E-state index contributed by atoms with van der Waals surface area (Å²) in [4.78, 5) is 0. The molecule has 0 amide bonds. The van der Waals surface area contributed by atoms with Crippen molar-refractivity contribution in [1.82, 2.24) is 0 Å². The van der Waals surface area contributed by atoms with Gasteiger partial charge in [0.15, 0.2) is 4.11 Å². The zero-order valence-electron chi connectivity index (χ0n) is 7.61. The summed E-state index contributed by atoms with van der Waals surface area (Å²) >= 11 is 1.47. The quantitative estimate of drug-likeness (QED) is 0.358. The molecule has 0 aliphatic rings. The molecule has 1 unspecified atom stereocenters. The minimum absolute atomic E-state index is 0.343. The third kappa shape index (κ3) is 3.32. The summed E-state index contributed by atoms with van der Waals surface area (Å²) in [6.07, 6.45) is 0. The van der Waals surface area contributed by atoms with E-state index in [0.717, 1.165) is 0 Å². The van der Waals surface area contributed by atoms with E-state index in [1.807, 2.05) is 0 Å². The smallest absolute Gasteiger partial charge is 0.244 e. The molecule has 16 heavy (non-hydrogen) atoms. The van der Waals surface area contributed by atoms with Crippen LogP contribution >= 0.6 is 22.6 Å². The van der Waals surface area contributed by atoms with Gasteiger partial charge in [-0.3, -0.25) is 0 Å². The van der Waals surface area contributed by atoms with Crippen LogP contribution in [0.3, 0.4) is 0 Å². The van der Waals surface area contributed by atoms with Gasteiger partial charge in [-0.15, -0.1) is 0 Å². The van der Waals surface area contributed by atoms with Crippen molar-refractivity contribution in [2.75, 3.05) is 0 Å². The second-order valence-corrected chi connectivity index (χ2v) is 5.42. The van der Waals surface area contributed by atoms with Gasteiger partial charge in [0.05, 0.1) is 0 Å². The molecule has 0 saturated carbocycles. The summed E-state index contributed by atoms with van der Waals surface area (Å²) in [5.41, 5.74) is -5.05. The van der Waals surface area contributed by atoms with Gasteiger partial charge in [0.25, 0.3) is 0 Å². The average Bonchev–Trinajstić information content (AvgIpc) is 2.16. The number of hydrogen-bond acceptors (Lipinski definition) is 3. The molecule has 0 saturated heterocycles. The minimum Gasteiger partial charge on any atom is -0.244 e. The van der Waals surface area contributed by atoms with Crippen LogP contribution in [0.5, 0.6) is 0 Å². The van der Waals surface area contributed by atoms with Gasteiger partial charge in [0.2, 0.25) is 0 Å². The Kier molecular flexibility index (Phi) is 4.18. The number of halogens is 4. The van der Waals surface area contributed by atoms with Crippen molar-refractivity contribution in [3.05, 3.63) is 35.9 Å². The Morgan fingerprint density at radius 1 is 1.19 bits per heavy atom. The maximum absolute atomic E-state index is 12.0. The molecule has 3 nitrogen and oxygen atoms in total. The lowest BCUT2D eigenvalue weighted by Crippen LogP contribution is -2.26. The summed E-state index contributed by atoms with van der Waals surface area (Å²) in [5, 5.41) is 0. The van der Waals surface area contributed by atoms with E-state index in [1.165, 1.54) is 34.7 Å². The lowest BCUT2D eigenvalue weighted by Gasteiger charge is -2.13. The first-order chi connectivity index (χ1) is 7.24. The molecule has 0 fully saturated rings. The Hall–Kier alpha value is -0.350. The molecule has 0 aromatic heterocycles. The van der Waals surface area contributed by atoms with Crippen molar-refractivity contribution in [3.63, 3.8) is 0 Å². The molecule has 90 valence electrons. The fourth-order valence-electron chi connectivity index (χ4n) is 0.826. The molecule has 0 N–H and O–H groups in total.